The Morgan fingerprint density at radius 1 is 1.24 bits per heavy atom. The number of ether oxygens (including phenoxy) is 1. The van der Waals surface area contributed by atoms with Gasteiger partial charge in [0.05, 0.1) is 25.7 Å². The van der Waals surface area contributed by atoms with E-state index < -0.39 is 0 Å². The van der Waals surface area contributed by atoms with Crippen molar-refractivity contribution in [1.29, 1.82) is 0 Å². The van der Waals surface area contributed by atoms with E-state index in [1.807, 2.05) is 4.90 Å². The normalized spacial score (nSPS) is 24.7. The van der Waals surface area contributed by atoms with E-state index in [9.17, 15) is 9.90 Å². The van der Waals surface area contributed by atoms with E-state index in [-0.39, 0.29) is 30.0 Å². The standard InChI is InChI=1S/C29H43NO3/c1-20(2)30(21(3)4)29(32)13-14-33-19-24-16-25-18-28(31)26(27(25)17-24)12-7-6-10-23-11-8-9-22(5)15-23/h7-9,11-12,15-16,20-21,25-28,31H,6,10,13-14,17-19H2,1-5H3/t25-,26+,27-,28+/m0/s1. The third-order valence-electron chi connectivity index (χ3n) is 7.14. The van der Waals surface area contributed by atoms with Crippen molar-refractivity contribution in [2.24, 2.45) is 17.8 Å². The van der Waals surface area contributed by atoms with Gasteiger partial charge in [0.25, 0.3) is 0 Å². The molecule has 1 aromatic rings. The van der Waals surface area contributed by atoms with Crippen LogP contribution in [0.15, 0.2) is 48.1 Å². The van der Waals surface area contributed by atoms with Crippen LogP contribution in [-0.4, -0.2) is 47.3 Å². The fraction of sp³-hybridized carbons (Fsp3) is 0.621. The van der Waals surface area contributed by atoms with Crippen LogP contribution >= 0.6 is 0 Å². The van der Waals surface area contributed by atoms with Gasteiger partial charge in [0.2, 0.25) is 5.91 Å². The fourth-order valence-corrected chi connectivity index (χ4v) is 5.75. The van der Waals surface area contributed by atoms with Crippen LogP contribution in [0.4, 0.5) is 0 Å². The molecule has 1 amide bonds. The van der Waals surface area contributed by atoms with Crippen LogP contribution in [0.3, 0.4) is 0 Å². The molecule has 0 heterocycles. The number of allylic oxidation sites excluding steroid dienone is 2. The summed E-state index contributed by atoms with van der Waals surface area (Å²) in [7, 11) is 0. The summed E-state index contributed by atoms with van der Waals surface area (Å²) in [4.78, 5) is 14.4. The number of aryl methyl sites for hydroxylation is 2. The van der Waals surface area contributed by atoms with Crippen LogP contribution < -0.4 is 0 Å². The Morgan fingerprint density at radius 2 is 2.00 bits per heavy atom. The van der Waals surface area contributed by atoms with Gasteiger partial charge in [-0.1, -0.05) is 48.1 Å². The van der Waals surface area contributed by atoms with Gasteiger partial charge in [0.15, 0.2) is 0 Å². The van der Waals surface area contributed by atoms with Crippen LogP contribution in [0.25, 0.3) is 0 Å². The summed E-state index contributed by atoms with van der Waals surface area (Å²) in [6.45, 7) is 11.4. The smallest absolute Gasteiger partial charge is 0.225 e. The molecule has 0 radical (unpaired) electrons. The molecule has 1 fully saturated rings. The van der Waals surface area contributed by atoms with Gasteiger partial charge in [-0.2, -0.15) is 0 Å². The van der Waals surface area contributed by atoms with Crippen molar-refractivity contribution >= 4 is 5.91 Å². The number of aliphatic hydroxyl groups is 1. The first-order valence-corrected chi connectivity index (χ1v) is 12.7. The maximum Gasteiger partial charge on any atom is 0.225 e. The number of carbonyl (C=O) groups is 1. The summed E-state index contributed by atoms with van der Waals surface area (Å²) in [6, 6.07) is 9.11. The maximum atomic E-state index is 12.5. The van der Waals surface area contributed by atoms with E-state index >= 15 is 0 Å². The lowest BCUT2D eigenvalue weighted by molar-refractivity contribution is -0.135. The van der Waals surface area contributed by atoms with Crippen molar-refractivity contribution in [3.8, 4) is 0 Å². The number of amides is 1. The van der Waals surface area contributed by atoms with Gasteiger partial charge in [-0.25, -0.2) is 0 Å². The number of fused-ring (bicyclic) bond motifs is 1. The topological polar surface area (TPSA) is 49.8 Å². The third-order valence-corrected chi connectivity index (χ3v) is 7.14. The lowest BCUT2D eigenvalue weighted by Gasteiger charge is -2.30. The number of benzene rings is 1. The predicted molar refractivity (Wildman–Crippen MR) is 135 cm³/mol. The molecule has 4 atom stereocenters. The van der Waals surface area contributed by atoms with E-state index in [4.69, 9.17) is 4.74 Å². The highest BCUT2D eigenvalue weighted by molar-refractivity contribution is 5.76. The van der Waals surface area contributed by atoms with Gasteiger partial charge >= 0.3 is 0 Å². The van der Waals surface area contributed by atoms with Gasteiger partial charge < -0.3 is 14.7 Å². The Bertz CT molecular complexity index is 833. The fourth-order valence-electron chi connectivity index (χ4n) is 5.75. The minimum Gasteiger partial charge on any atom is -0.392 e. The highest BCUT2D eigenvalue weighted by atomic mass is 16.5. The van der Waals surface area contributed by atoms with E-state index in [2.05, 4.69) is 77.1 Å². The highest BCUT2D eigenvalue weighted by Crippen LogP contribution is 2.47. The van der Waals surface area contributed by atoms with E-state index in [1.165, 1.54) is 16.7 Å². The second kappa shape index (κ2) is 12.0. The summed E-state index contributed by atoms with van der Waals surface area (Å²) < 4.78 is 5.89. The minimum atomic E-state index is -0.246. The number of hydrogen-bond donors (Lipinski definition) is 1. The van der Waals surface area contributed by atoms with Gasteiger partial charge in [0, 0.05) is 18.0 Å². The lowest BCUT2D eigenvalue weighted by Crippen LogP contribution is -2.42. The maximum absolute atomic E-state index is 12.5. The predicted octanol–water partition coefficient (Wildman–Crippen LogP) is 5.48. The monoisotopic (exact) mass is 453 g/mol. The van der Waals surface area contributed by atoms with Gasteiger partial charge in [-0.15, -0.1) is 0 Å². The molecule has 4 heteroatoms. The van der Waals surface area contributed by atoms with Crippen molar-refractivity contribution in [2.75, 3.05) is 13.2 Å². The molecule has 1 N–H and O–H groups in total. The average molecular weight is 454 g/mol. The Kier molecular flexibility index (Phi) is 9.34. The Labute approximate surface area is 200 Å². The number of hydrogen-bond acceptors (Lipinski definition) is 3. The SMILES string of the molecule is Cc1cccc(CCC=C[C@@H]2[C@H]3CC(COCCC(=O)N(C(C)C)C(C)C)=C[C@H]3C[C@H]2O)c1. The molecule has 0 aromatic heterocycles. The van der Waals surface area contributed by atoms with Crippen molar-refractivity contribution in [1.82, 2.24) is 4.90 Å². The molecular weight excluding hydrogens is 410 g/mol. The van der Waals surface area contributed by atoms with Crippen molar-refractivity contribution in [3.63, 3.8) is 0 Å². The number of rotatable bonds is 11. The highest BCUT2D eigenvalue weighted by Gasteiger charge is 2.43. The zero-order valence-corrected chi connectivity index (χ0v) is 21.2. The summed E-state index contributed by atoms with van der Waals surface area (Å²) >= 11 is 0. The molecule has 0 bridgehead atoms. The molecule has 0 aliphatic heterocycles. The van der Waals surface area contributed by atoms with E-state index in [0.717, 1.165) is 25.7 Å². The summed E-state index contributed by atoms with van der Waals surface area (Å²) in [6.07, 6.45) is 10.9. The Morgan fingerprint density at radius 3 is 2.70 bits per heavy atom. The quantitative estimate of drug-likeness (QED) is 0.357. The molecular formula is C29H43NO3. The molecule has 1 saturated carbocycles. The minimum absolute atomic E-state index is 0.163. The second-order valence-electron chi connectivity index (χ2n) is 10.5. The molecule has 182 valence electrons. The van der Waals surface area contributed by atoms with Gasteiger partial charge in [0.1, 0.15) is 0 Å². The molecule has 1 aromatic carbocycles. The largest absolute Gasteiger partial charge is 0.392 e. The van der Waals surface area contributed by atoms with Crippen LogP contribution in [0.5, 0.6) is 0 Å². The zero-order valence-electron chi connectivity index (χ0n) is 21.2. The van der Waals surface area contributed by atoms with Crippen LogP contribution in [-0.2, 0) is 16.0 Å². The number of aliphatic hydroxyl groups excluding tert-OH is 1. The molecule has 3 rings (SSSR count). The lowest BCUT2D eigenvalue weighted by atomic mass is 9.89. The van der Waals surface area contributed by atoms with E-state index in [0.29, 0.717) is 31.5 Å². The first-order chi connectivity index (χ1) is 15.8. The molecule has 4 nitrogen and oxygen atoms in total. The third kappa shape index (κ3) is 7.04. The summed E-state index contributed by atoms with van der Waals surface area (Å²) in [5.74, 6) is 1.32. The number of nitrogens with zero attached hydrogens (tertiary/aromatic N) is 1. The van der Waals surface area contributed by atoms with Crippen molar-refractivity contribution < 1.29 is 14.6 Å². The Hall–Kier alpha value is -1.91. The summed E-state index contributed by atoms with van der Waals surface area (Å²) in [5.41, 5.74) is 4.00. The van der Waals surface area contributed by atoms with Crippen LogP contribution in [0.1, 0.15) is 64.5 Å². The summed E-state index contributed by atoms with van der Waals surface area (Å²) in [5, 5.41) is 10.6. The van der Waals surface area contributed by atoms with Gasteiger partial charge in [-0.3, -0.25) is 4.79 Å². The molecule has 0 spiro atoms. The second-order valence-corrected chi connectivity index (χ2v) is 10.5. The van der Waals surface area contributed by atoms with Crippen LogP contribution in [0, 0.1) is 24.7 Å². The van der Waals surface area contributed by atoms with Gasteiger partial charge in [-0.05, 0) is 83.3 Å². The van der Waals surface area contributed by atoms with Crippen molar-refractivity contribution in [2.45, 2.75) is 84.9 Å². The first kappa shape index (κ1) is 25.7. The molecule has 0 unspecified atom stereocenters. The zero-order chi connectivity index (χ0) is 24.0. The Balaban J connectivity index is 1.41. The van der Waals surface area contributed by atoms with Crippen LogP contribution in [0.2, 0.25) is 0 Å². The first-order valence-electron chi connectivity index (χ1n) is 12.7. The molecule has 2 aliphatic carbocycles. The molecule has 2 aliphatic rings. The average Bonchev–Trinajstić information content (AvgIpc) is 3.25. The number of carbonyl (C=O) groups excluding carboxylic acids is 1. The molecule has 0 saturated heterocycles. The van der Waals surface area contributed by atoms with E-state index in [1.54, 1.807) is 0 Å². The molecule has 33 heavy (non-hydrogen) atoms. The van der Waals surface area contributed by atoms with Crippen molar-refractivity contribution in [3.05, 3.63) is 59.2 Å².